The zero-order chi connectivity index (χ0) is 28.8. The van der Waals surface area contributed by atoms with E-state index in [1.54, 1.807) is 26.0 Å². The maximum absolute atomic E-state index is 13.1. The maximum atomic E-state index is 13.1. The lowest BCUT2D eigenvalue weighted by molar-refractivity contribution is -0.143. The highest BCUT2D eigenvalue weighted by atomic mass is 16.4. The molecular formula is C25H39N5O8. The number of hydrogen-bond donors (Lipinski definition) is 8. The van der Waals surface area contributed by atoms with Gasteiger partial charge in [-0.15, -0.1) is 0 Å². The van der Waals surface area contributed by atoms with Crippen LogP contribution in [0, 0.1) is 5.92 Å². The van der Waals surface area contributed by atoms with Crippen LogP contribution in [0.15, 0.2) is 24.3 Å². The zero-order valence-corrected chi connectivity index (χ0v) is 21.7. The summed E-state index contributed by atoms with van der Waals surface area (Å²) < 4.78 is 0. The third-order valence-corrected chi connectivity index (χ3v) is 5.82. The molecule has 13 nitrogen and oxygen atoms in total. The Hall–Kier alpha value is -3.71. The van der Waals surface area contributed by atoms with E-state index in [-0.39, 0.29) is 25.0 Å². The Morgan fingerprint density at radius 1 is 0.842 bits per heavy atom. The minimum atomic E-state index is -1.45. The van der Waals surface area contributed by atoms with E-state index in [1.807, 2.05) is 0 Å². The first-order valence-corrected chi connectivity index (χ1v) is 12.4. The Morgan fingerprint density at radius 2 is 1.45 bits per heavy atom. The molecule has 0 spiro atoms. The van der Waals surface area contributed by atoms with Crippen molar-refractivity contribution in [3.63, 3.8) is 0 Å². The molecule has 4 atom stereocenters. The highest BCUT2D eigenvalue weighted by Gasteiger charge is 2.32. The van der Waals surface area contributed by atoms with Crippen molar-refractivity contribution in [1.29, 1.82) is 0 Å². The van der Waals surface area contributed by atoms with Crippen molar-refractivity contribution in [2.75, 3.05) is 6.54 Å². The van der Waals surface area contributed by atoms with Gasteiger partial charge in [-0.1, -0.05) is 26.0 Å². The highest BCUT2D eigenvalue weighted by Crippen LogP contribution is 2.12. The van der Waals surface area contributed by atoms with Gasteiger partial charge >= 0.3 is 11.9 Å². The SMILES string of the molecule is CC(C)[C@H](NC(=O)[C@H](CCCCN)NC(=O)[C@@H](N)Cc1ccc(O)cc1)C(=O)N[C@@H](CCC(=O)O)C(=O)O. The Balaban J connectivity index is 2.93. The first-order chi connectivity index (χ1) is 17.8. The predicted molar refractivity (Wildman–Crippen MR) is 138 cm³/mol. The summed E-state index contributed by atoms with van der Waals surface area (Å²) in [5, 5.41) is 35.1. The van der Waals surface area contributed by atoms with Gasteiger partial charge in [0.25, 0.3) is 0 Å². The molecule has 212 valence electrons. The summed E-state index contributed by atoms with van der Waals surface area (Å²) in [6, 6.07) is 1.58. The Bertz CT molecular complexity index is 954. The van der Waals surface area contributed by atoms with Gasteiger partial charge in [0.2, 0.25) is 17.7 Å². The van der Waals surface area contributed by atoms with E-state index < -0.39 is 66.2 Å². The van der Waals surface area contributed by atoms with Crippen LogP contribution in [-0.4, -0.2) is 75.7 Å². The van der Waals surface area contributed by atoms with E-state index in [2.05, 4.69) is 16.0 Å². The molecule has 0 aromatic heterocycles. The summed E-state index contributed by atoms with van der Waals surface area (Å²) >= 11 is 0. The van der Waals surface area contributed by atoms with Crippen LogP contribution >= 0.6 is 0 Å². The number of carbonyl (C=O) groups excluding carboxylic acids is 3. The van der Waals surface area contributed by atoms with Gasteiger partial charge in [0, 0.05) is 6.42 Å². The van der Waals surface area contributed by atoms with Crippen molar-refractivity contribution < 1.29 is 39.3 Å². The lowest BCUT2D eigenvalue weighted by atomic mass is 10.0. The lowest BCUT2D eigenvalue weighted by Crippen LogP contribution is -2.58. The molecule has 0 fully saturated rings. The highest BCUT2D eigenvalue weighted by molar-refractivity contribution is 5.94. The number of carboxylic acid groups (broad SMARTS) is 2. The number of amides is 3. The van der Waals surface area contributed by atoms with E-state index in [4.69, 9.17) is 16.6 Å². The van der Waals surface area contributed by atoms with Crippen molar-refractivity contribution in [3.05, 3.63) is 29.8 Å². The number of unbranched alkanes of at least 4 members (excludes halogenated alkanes) is 1. The third kappa shape index (κ3) is 11.6. The van der Waals surface area contributed by atoms with Crippen molar-refractivity contribution in [3.8, 4) is 5.75 Å². The van der Waals surface area contributed by atoms with Gasteiger partial charge in [-0.2, -0.15) is 0 Å². The number of phenolic OH excluding ortho intramolecular Hbond substituents is 1. The van der Waals surface area contributed by atoms with Gasteiger partial charge in [-0.25, -0.2) is 4.79 Å². The summed E-state index contributed by atoms with van der Waals surface area (Å²) in [5.74, 6) is -5.02. The van der Waals surface area contributed by atoms with Crippen molar-refractivity contribution in [1.82, 2.24) is 16.0 Å². The monoisotopic (exact) mass is 537 g/mol. The van der Waals surface area contributed by atoms with Crippen LogP contribution in [0.2, 0.25) is 0 Å². The fourth-order valence-corrected chi connectivity index (χ4v) is 3.59. The molecule has 10 N–H and O–H groups in total. The summed E-state index contributed by atoms with van der Waals surface area (Å²) in [6.45, 7) is 3.67. The second-order valence-corrected chi connectivity index (χ2v) is 9.38. The minimum absolute atomic E-state index is 0.0729. The van der Waals surface area contributed by atoms with Crippen LogP contribution in [0.25, 0.3) is 0 Å². The second kappa shape index (κ2) is 16.2. The molecule has 0 saturated carbocycles. The van der Waals surface area contributed by atoms with Crippen LogP contribution in [0.4, 0.5) is 0 Å². The molecule has 0 saturated heterocycles. The number of benzene rings is 1. The first kappa shape index (κ1) is 32.3. The van der Waals surface area contributed by atoms with Crippen LogP contribution < -0.4 is 27.4 Å². The quantitative estimate of drug-likeness (QED) is 0.118. The summed E-state index contributed by atoms with van der Waals surface area (Å²) in [7, 11) is 0. The Kier molecular flexibility index (Phi) is 13.8. The topological polar surface area (TPSA) is 234 Å². The van der Waals surface area contributed by atoms with Crippen LogP contribution in [0.3, 0.4) is 0 Å². The van der Waals surface area contributed by atoms with Crippen molar-refractivity contribution in [2.24, 2.45) is 17.4 Å². The number of hydrogen-bond acceptors (Lipinski definition) is 8. The molecule has 0 radical (unpaired) electrons. The maximum Gasteiger partial charge on any atom is 0.326 e. The molecule has 0 unspecified atom stereocenters. The second-order valence-electron chi connectivity index (χ2n) is 9.38. The van der Waals surface area contributed by atoms with Crippen LogP contribution in [0.5, 0.6) is 5.75 Å². The fourth-order valence-electron chi connectivity index (χ4n) is 3.59. The first-order valence-electron chi connectivity index (χ1n) is 12.4. The number of nitrogens with two attached hydrogens (primary N) is 2. The number of phenols is 1. The average Bonchev–Trinajstić information content (AvgIpc) is 2.84. The predicted octanol–water partition coefficient (Wildman–Crippen LogP) is -0.549. The summed E-state index contributed by atoms with van der Waals surface area (Å²) in [5.41, 5.74) is 12.3. The van der Waals surface area contributed by atoms with Gasteiger partial charge in [-0.05, 0) is 62.3 Å². The smallest absolute Gasteiger partial charge is 0.326 e. The summed E-state index contributed by atoms with van der Waals surface area (Å²) in [4.78, 5) is 61.1. The van der Waals surface area contributed by atoms with Gasteiger partial charge in [0.1, 0.15) is 23.9 Å². The van der Waals surface area contributed by atoms with Crippen molar-refractivity contribution >= 4 is 29.7 Å². The van der Waals surface area contributed by atoms with Gasteiger partial charge in [-0.3, -0.25) is 19.2 Å². The van der Waals surface area contributed by atoms with E-state index in [0.717, 1.165) is 0 Å². The number of carbonyl (C=O) groups is 5. The molecule has 3 amide bonds. The van der Waals surface area contributed by atoms with Crippen LogP contribution in [0.1, 0.15) is 51.5 Å². The van der Waals surface area contributed by atoms with E-state index >= 15 is 0 Å². The zero-order valence-electron chi connectivity index (χ0n) is 21.7. The van der Waals surface area contributed by atoms with Gasteiger partial charge in [0.15, 0.2) is 0 Å². The molecule has 1 rings (SSSR count). The average molecular weight is 538 g/mol. The number of rotatable bonds is 17. The standard InChI is InChI=1S/C25H39N5O8/c1-14(2)21(24(36)29-19(25(37)38)10-11-20(32)33)30-23(35)18(5-3-4-12-26)28-22(34)17(27)13-15-6-8-16(31)9-7-15/h6-9,14,17-19,21,31H,3-5,10-13,26-27H2,1-2H3,(H,28,34)(H,29,36)(H,30,35)(H,32,33)(H,37,38)/t17-,18-,19-,21-/m0/s1. The summed E-state index contributed by atoms with van der Waals surface area (Å²) in [6.07, 6.45) is 0.701. The molecule has 38 heavy (non-hydrogen) atoms. The molecule has 13 heteroatoms. The molecule has 0 aliphatic carbocycles. The number of nitrogens with one attached hydrogen (secondary N) is 3. The number of aromatic hydroxyl groups is 1. The van der Waals surface area contributed by atoms with E-state index in [1.165, 1.54) is 12.1 Å². The molecule has 0 bridgehead atoms. The third-order valence-electron chi connectivity index (χ3n) is 5.82. The molecule has 1 aromatic carbocycles. The molecule has 0 aliphatic heterocycles. The largest absolute Gasteiger partial charge is 0.508 e. The Labute approximate surface area is 221 Å². The lowest BCUT2D eigenvalue weighted by Gasteiger charge is -2.27. The molecule has 0 heterocycles. The van der Waals surface area contributed by atoms with E-state index in [0.29, 0.717) is 24.9 Å². The van der Waals surface area contributed by atoms with E-state index in [9.17, 15) is 34.2 Å². The molecular weight excluding hydrogens is 498 g/mol. The number of carboxylic acids is 2. The minimum Gasteiger partial charge on any atom is -0.508 e. The van der Waals surface area contributed by atoms with Gasteiger partial charge in [0.05, 0.1) is 6.04 Å². The normalized spacial score (nSPS) is 14.1. The van der Waals surface area contributed by atoms with Crippen molar-refractivity contribution in [2.45, 2.75) is 76.5 Å². The van der Waals surface area contributed by atoms with Gasteiger partial charge < -0.3 is 42.7 Å². The van der Waals surface area contributed by atoms with Crippen LogP contribution in [-0.2, 0) is 30.4 Å². The fraction of sp³-hybridized carbons (Fsp3) is 0.560. The molecule has 1 aromatic rings. The Morgan fingerprint density at radius 3 is 1.97 bits per heavy atom. The molecule has 0 aliphatic rings. The number of aliphatic carboxylic acids is 2.